The molecule has 2 amide bonds. The second-order valence-corrected chi connectivity index (χ2v) is 7.60. The summed E-state index contributed by atoms with van der Waals surface area (Å²) in [4.78, 5) is 18.8. The van der Waals surface area contributed by atoms with Crippen LogP contribution in [0.2, 0.25) is 0 Å². The summed E-state index contributed by atoms with van der Waals surface area (Å²) >= 11 is 0. The van der Waals surface area contributed by atoms with E-state index < -0.39 is 11.6 Å². The van der Waals surface area contributed by atoms with Crippen LogP contribution in [0.15, 0.2) is 18.2 Å². The van der Waals surface area contributed by atoms with Gasteiger partial charge in [0.05, 0.1) is 5.69 Å². The van der Waals surface area contributed by atoms with Crippen LogP contribution in [0.4, 0.5) is 19.3 Å². The first-order chi connectivity index (χ1) is 12.5. The van der Waals surface area contributed by atoms with Crippen molar-refractivity contribution in [1.82, 2.24) is 9.80 Å². The average Bonchev–Trinajstić information content (AvgIpc) is 2.83. The normalized spacial score (nSPS) is 22.2. The SMILES string of the molecule is CC1CCN(c2ccc(F)cc2F)CCN1C(=O)N(C)C1CCCCC1. The number of rotatable bonds is 2. The number of carbonyl (C=O) groups is 1. The molecule has 3 rings (SSSR count). The first-order valence-electron chi connectivity index (χ1n) is 9.71. The topological polar surface area (TPSA) is 26.8 Å². The molecule has 0 spiro atoms. The van der Waals surface area contributed by atoms with Gasteiger partial charge in [0.2, 0.25) is 0 Å². The minimum absolute atomic E-state index is 0.0748. The van der Waals surface area contributed by atoms with Gasteiger partial charge in [-0.05, 0) is 38.3 Å². The highest BCUT2D eigenvalue weighted by Gasteiger charge is 2.31. The van der Waals surface area contributed by atoms with Crippen LogP contribution in [-0.2, 0) is 0 Å². The number of carbonyl (C=O) groups excluding carboxylic acids is 1. The van der Waals surface area contributed by atoms with Gasteiger partial charge in [0.1, 0.15) is 11.6 Å². The molecule has 1 atom stereocenters. The molecule has 1 heterocycles. The van der Waals surface area contributed by atoms with Crippen molar-refractivity contribution in [3.8, 4) is 0 Å². The summed E-state index contributed by atoms with van der Waals surface area (Å²) in [5, 5.41) is 0. The second kappa shape index (κ2) is 8.23. The molecular formula is C20H29F2N3O. The average molecular weight is 365 g/mol. The number of nitrogens with zero attached hydrogens (tertiary/aromatic N) is 3. The molecule has 0 N–H and O–H groups in total. The van der Waals surface area contributed by atoms with Crippen LogP contribution in [0.25, 0.3) is 0 Å². The predicted molar refractivity (Wildman–Crippen MR) is 99.4 cm³/mol. The first kappa shape index (κ1) is 18.9. The van der Waals surface area contributed by atoms with E-state index in [9.17, 15) is 13.6 Å². The van der Waals surface area contributed by atoms with E-state index in [-0.39, 0.29) is 12.1 Å². The third-order valence-corrected chi connectivity index (χ3v) is 5.88. The molecule has 4 nitrogen and oxygen atoms in total. The largest absolute Gasteiger partial charge is 0.367 e. The fourth-order valence-corrected chi connectivity index (χ4v) is 4.15. The highest BCUT2D eigenvalue weighted by molar-refractivity contribution is 5.75. The Kier molecular flexibility index (Phi) is 5.99. The van der Waals surface area contributed by atoms with E-state index in [1.54, 1.807) is 0 Å². The van der Waals surface area contributed by atoms with Crippen molar-refractivity contribution in [3.05, 3.63) is 29.8 Å². The Morgan fingerprint density at radius 1 is 1.08 bits per heavy atom. The van der Waals surface area contributed by atoms with Crippen LogP contribution in [0.1, 0.15) is 45.4 Å². The van der Waals surface area contributed by atoms with Crippen LogP contribution in [-0.4, -0.2) is 54.6 Å². The summed E-state index contributed by atoms with van der Waals surface area (Å²) in [7, 11) is 1.91. The minimum atomic E-state index is -0.569. The van der Waals surface area contributed by atoms with Crippen molar-refractivity contribution in [2.45, 2.75) is 57.5 Å². The van der Waals surface area contributed by atoms with Crippen LogP contribution in [0.5, 0.6) is 0 Å². The fraction of sp³-hybridized carbons (Fsp3) is 0.650. The van der Waals surface area contributed by atoms with Crippen molar-refractivity contribution in [2.75, 3.05) is 31.6 Å². The third-order valence-electron chi connectivity index (χ3n) is 5.88. The third kappa shape index (κ3) is 4.10. The van der Waals surface area contributed by atoms with Gasteiger partial charge in [-0.1, -0.05) is 19.3 Å². The Labute approximate surface area is 154 Å². The zero-order chi connectivity index (χ0) is 18.7. The summed E-state index contributed by atoms with van der Waals surface area (Å²) < 4.78 is 27.3. The van der Waals surface area contributed by atoms with E-state index in [0.717, 1.165) is 25.3 Å². The predicted octanol–water partition coefficient (Wildman–Crippen LogP) is 4.25. The maximum absolute atomic E-state index is 14.1. The van der Waals surface area contributed by atoms with Crippen molar-refractivity contribution in [1.29, 1.82) is 0 Å². The van der Waals surface area contributed by atoms with Crippen LogP contribution < -0.4 is 4.90 Å². The van der Waals surface area contributed by atoms with E-state index in [4.69, 9.17) is 0 Å². The first-order valence-corrected chi connectivity index (χ1v) is 9.71. The smallest absolute Gasteiger partial charge is 0.320 e. The molecular weight excluding hydrogens is 336 g/mol. The van der Waals surface area contributed by atoms with Crippen molar-refractivity contribution < 1.29 is 13.6 Å². The molecule has 26 heavy (non-hydrogen) atoms. The Bertz CT molecular complexity index is 633. The molecule has 1 aromatic carbocycles. The Hall–Kier alpha value is -1.85. The van der Waals surface area contributed by atoms with E-state index in [2.05, 4.69) is 6.92 Å². The lowest BCUT2D eigenvalue weighted by Crippen LogP contribution is -2.50. The lowest BCUT2D eigenvalue weighted by Gasteiger charge is -2.37. The molecule has 6 heteroatoms. The zero-order valence-electron chi connectivity index (χ0n) is 15.8. The van der Waals surface area contributed by atoms with Crippen LogP contribution in [0.3, 0.4) is 0 Å². The Morgan fingerprint density at radius 3 is 2.50 bits per heavy atom. The second-order valence-electron chi connectivity index (χ2n) is 7.60. The molecule has 1 aromatic rings. The molecule has 1 saturated heterocycles. The van der Waals surface area contributed by atoms with Gasteiger partial charge in [0.15, 0.2) is 0 Å². The van der Waals surface area contributed by atoms with E-state index in [0.29, 0.717) is 31.4 Å². The Morgan fingerprint density at radius 2 is 1.81 bits per heavy atom. The quantitative estimate of drug-likeness (QED) is 0.783. The fourth-order valence-electron chi connectivity index (χ4n) is 4.15. The van der Waals surface area contributed by atoms with Gasteiger partial charge in [-0.2, -0.15) is 0 Å². The van der Waals surface area contributed by atoms with Crippen molar-refractivity contribution in [3.63, 3.8) is 0 Å². The Balaban J connectivity index is 1.67. The summed E-state index contributed by atoms with van der Waals surface area (Å²) in [6, 6.07) is 4.20. The lowest BCUT2D eigenvalue weighted by molar-refractivity contribution is 0.123. The van der Waals surface area contributed by atoms with Gasteiger partial charge in [-0.3, -0.25) is 0 Å². The van der Waals surface area contributed by atoms with Crippen LogP contribution in [0, 0.1) is 11.6 Å². The number of amides is 2. The molecule has 2 fully saturated rings. The molecule has 1 unspecified atom stereocenters. The highest BCUT2D eigenvalue weighted by atomic mass is 19.1. The molecule has 1 aliphatic heterocycles. The number of anilines is 1. The number of urea groups is 1. The van der Waals surface area contributed by atoms with Gasteiger partial charge < -0.3 is 14.7 Å². The van der Waals surface area contributed by atoms with Crippen molar-refractivity contribution in [2.24, 2.45) is 0 Å². The summed E-state index contributed by atoms with van der Waals surface area (Å²) in [5.74, 6) is -1.11. The van der Waals surface area contributed by atoms with Gasteiger partial charge >= 0.3 is 6.03 Å². The van der Waals surface area contributed by atoms with Gasteiger partial charge in [0, 0.05) is 44.8 Å². The highest BCUT2D eigenvalue weighted by Crippen LogP contribution is 2.26. The molecule has 0 radical (unpaired) electrons. The standard InChI is InChI=1S/C20H29F2N3O/c1-15-10-11-24(19-9-8-16(21)14-18(19)22)12-13-25(15)20(26)23(2)17-6-4-3-5-7-17/h8-9,14-15,17H,3-7,10-13H2,1-2H3. The van der Waals surface area contributed by atoms with Gasteiger partial charge in [-0.25, -0.2) is 13.6 Å². The summed E-state index contributed by atoms with van der Waals surface area (Å²) in [6.07, 6.45) is 6.57. The summed E-state index contributed by atoms with van der Waals surface area (Å²) in [6.45, 7) is 3.81. The number of halogens is 2. The maximum Gasteiger partial charge on any atom is 0.320 e. The molecule has 1 saturated carbocycles. The van der Waals surface area contributed by atoms with Crippen LogP contribution >= 0.6 is 0 Å². The molecule has 144 valence electrons. The monoisotopic (exact) mass is 365 g/mol. The number of benzene rings is 1. The number of hydrogen-bond acceptors (Lipinski definition) is 2. The van der Waals surface area contributed by atoms with Gasteiger partial charge in [0.25, 0.3) is 0 Å². The minimum Gasteiger partial charge on any atom is -0.367 e. The van der Waals surface area contributed by atoms with E-state index >= 15 is 0 Å². The van der Waals surface area contributed by atoms with E-state index in [1.807, 2.05) is 21.7 Å². The number of hydrogen-bond donors (Lipinski definition) is 0. The molecule has 0 bridgehead atoms. The van der Waals surface area contributed by atoms with Crippen molar-refractivity contribution >= 4 is 11.7 Å². The lowest BCUT2D eigenvalue weighted by atomic mass is 9.94. The summed E-state index contributed by atoms with van der Waals surface area (Å²) in [5.41, 5.74) is 0.411. The maximum atomic E-state index is 14.1. The zero-order valence-corrected chi connectivity index (χ0v) is 15.8. The molecule has 2 aliphatic rings. The van der Waals surface area contributed by atoms with Gasteiger partial charge in [-0.15, -0.1) is 0 Å². The van der Waals surface area contributed by atoms with E-state index in [1.165, 1.54) is 31.4 Å². The molecule has 0 aromatic heterocycles. The molecule has 1 aliphatic carbocycles.